The Labute approximate surface area is 215 Å². The molecule has 7 nitrogen and oxygen atoms in total. The molecular weight excluding hydrogens is 476 g/mol. The molecule has 0 bridgehead atoms. The number of pyridine rings is 1. The summed E-state index contributed by atoms with van der Waals surface area (Å²) in [7, 11) is 0. The summed E-state index contributed by atoms with van der Waals surface area (Å²) in [5, 5.41) is 0.534. The molecule has 1 saturated heterocycles. The number of fused-ring (bicyclic) bond motifs is 1. The summed E-state index contributed by atoms with van der Waals surface area (Å²) in [6.07, 6.45) is 5.86. The number of imidazole rings is 1. The van der Waals surface area contributed by atoms with Crippen molar-refractivity contribution in [3.63, 3.8) is 0 Å². The maximum absolute atomic E-state index is 12.0. The minimum atomic E-state index is -0.0809. The number of ketones is 1. The highest BCUT2D eigenvalue weighted by Gasteiger charge is 2.34. The molecule has 1 aliphatic carbocycles. The molecule has 2 aliphatic rings. The van der Waals surface area contributed by atoms with Crippen molar-refractivity contribution >= 4 is 40.0 Å². The summed E-state index contributed by atoms with van der Waals surface area (Å²) in [4.78, 5) is 37.6. The molecule has 36 heavy (non-hydrogen) atoms. The van der Waals surface area contributed by atoms with E-state index in [2.05, 4.69) is 28.2 Å². The van der Waals surface area contributed by atoms with Gasteiger partial charge in [-0.25, -0.2) is 4.98 Å². The molecule has 1 atom stereocenters. The number of Topliss-reactive ketones (excluding diaryl/α,β-unsaturated/α-hetero) is 1. The molecule has 0 saturated carbocycles. The first kappa shape index (κ1) is 24.5. The van der Waals surface area contributed by atoms with Crippen molar-refractivity contribution < 1.29 is 14.3 Å². The Bertz CT molecular complexity index is 1320. The lowest BCUT2D eigenvalue weighted by molar-refractivity contribution is -0.143. The van der Waals surface area contributed by atoms with Gasteiger partial charge in [0.1, 0.15) is 11.9 Å². The molecule has 1 aliphatic heterocycles. The molecule has 1 amide bonds. The van der Waals surface area contributed by atoms with Gasteiger partial charge in [0, 0.05) is 17.9 Å². The standard InChI is InChI=1S/C28H31ClN4O3/c1-16(2)27(35)33-14-22(15-33)36-28-30-24-13-23(29)25(31-26(24)32-28)21-10-8-20(9-11-21)19-6-4-18(5-7-19)12-17(3)34/h6,8-11,13,16,18,22H,4-5,7,12,14-15H2,1-3H3,(H,30,31,32). The lowest BCUT2D eigenvalue weighted by atomic mass is 9.84. The molecule has 0 spiro atoms. The Morgan fingerprint density at radius 1 is 1.17 bits per heavy atom. The van der Waals surface area contributed by atoms with Crippen LogP contribution in [0.25, 0.3) is 28.0 Å². The number of H-pyrrole nitrogens is 1. The second kappa shape index (κ2) is 10.1. The zero-order valence-corrected chi connectivity index (χ0v) is 21.6. The Morgan fingerprint density at radius 2 is 1.89 bits per heavy atom. The second-order valence-corrected chi connectivity index (χ2v) is 10.6. The van der Waals surface area contributed by atoms with Crippen molar-refractivity contribution in [3.8, 4) is 17.3 Å². The predicted octanol–water partition coefficient (Wildman–Crippen LogP) is 5.69. The Hall–Kier alpha value is -3.19. The van der Waals surface area contributed by atoms with Gasteiger partial charge in [0.15, 0.2) is 5.65 Å². The molecule has 1 aromatic carbocycles. The van der Waals surface area contributed by atoms with Gasteiger partial charge in [-0.05, 0) is 49.3 Å². The number of carbonyl (C=O) groups is 2. The first-order chi connectivity index (χ1) is 17.3. The summed E-state index contributed by atoms with van der Waals surface area (Å²) in [6, 6.07) is 10.5. The Kier molecular flexibility index (Phi) is 6.84. The molecule has 5 rings (SSSR count). The van der Waals surface area contributed by atoms with Crippen LogP contribution in [0.1, 0.15) is 52.0 Å². The van der Waals surface area contributed by atoms with E-state index >= 15 is 0 Å². The van der Waals surface area contributed by atoms with E-state index in [1.54, 1.807) is 11.8 Å². The van der Waals surface area contributed by atoms with Gasteiger partial charge in [-0.1, -0.05) is 55.8 Å². The summed E-state index contributed by atoms with van der Waals surface area (Å²) in [5.41, 5.74) is 5.36. The highest BCUT2D eigenvalue weighted by molar-refractivity contribution is 6.33. The third-order valence-electron chi connectivity index (χ3n) is 6.96. The van der Waals surface area contributed by atoms with E-state index in [4.69, 9.17) is 21.3 Å². The number of halogens is 1. The number of amides is 1. The number of rotatable bonds is 7. The van der Waals surface area contributed by atoms with Gasteiger partial charge in [-0.2, -0.15) is 4.98 Å². The van der Waals surface area contributed by atoms with Crippen LogP contribution in [-0.4, -0.2) is 50.7 Å². The number of likely N-dealkylation sites (tertiary alicyclic amines) is 1. The Morgan fingerprint density at radius 3 is 2.53 bits per heavy atom. The average molecular weight is 507 g/mol. The molecule has 1 N–H and O–H groups in total. The highest BCUT2D eigenvalue weighted by atomic mass is 35.5. The van der Waals surface area contributed by atoms with Crippen LogP contribution in [-0.2, 0) is 9.59 Å². The van der Waals surface area contributed by atoms with E-state index in [1.165, 1.54) is 11.1 Å². The zero-order valence-electron chi connectivity index (χ0n) is 20.9. The van der Waals surface area contributed by atoms with Gasteiger partial charge in [-0.15, -0.1) is 0 Å². The van der Waals surface area contributed by atoms with Crippen LogP contribution >= 0.6 is 11.6 Å². The van der Waals surface area contributed by atoms with E-state index < -0.39 is 0 Å². The van der Waals surface area contributed by atoms with Gasteiger partial charge in [-0.3, -0.25) is 4.79 Å². The molecule has 188 valence electrons. The van der Waals surface area contributed by atoms with Crippen LogP contribution in [0.4, 0.5) is 0 Å². The molecule has 8 heteroatoms. The predicted molar refractivity (Wildman–Crippen MR) is 141 cm³/mol. The molecule has 3 aromatic rings. The number of benzene rings is 1. The van der Waals surface area contributed by atoms with E-state index in [0.29, 0.717) is 53.3 Å². The van der Waals surface area contributed by atoms with Crippen LogP contribution < -0.4 is 4.74 Å². The quantitative estimate of drug-likeness (QED) is 0.445. The average Bonchev–Trinajstić information content (AvgIpc) is 3.21. The minimum absolute atomic E-state index is 0.0135. The third-order valence-corrected chi connectivity index (χ3v) is 7.25. The number of carbonyl (C=O) groups excluding carboxylic acids is 2. The van der Waals surface area contributed by atoms with Gasteiger partial charge in [0.05, 0.1) is 29.3 Å². The molecule has 1 unspecified atom stereocenters. The van der Waals surface area contributed by atoms with E-state index in [0.717, 1.165) is 24.8 Å². The second-order valence-electron chi connectivity index (χ2n) is 10.2. The molecule has 3 heterocycles. The number of ether oxygens (including phenoxy) is 1. The molecule has 2 aromatic heterocycles. The van der Waals surface area contributed by atoms with E-state index in [9.17, 15) is 9.59 Å². The van der Waals surface area contributed by atoms with Crippen LogP contribution in [0.2, 0.25) is 5.02 Å². The van der Waals surface area contributed by atoms with Crippen LogP contribution in [0, 0.1) is 11.8 Å². The molecule has 0 radical (unpaired) electrons. The van der Waals surface area contributed by atoms with E-state index in [1.807, 2.05) is 32.0 Å². The van der Waals surface area contributed by atoms with Gasteiger partial charge in [0.2, 0.25) is 5.91 Å². The summed E-state index contributed by atoms with van der Waals surface area (Å²) < 4.78 is 5.92. The van der Waals surface area contributed by atoms with Crippen molar-refractivity contribution in [2.45, 2.75) is 52.6 Å². The number of hydrogen-bond acceptors (Lipinski definition) is 5. The number of nitrogens with zero attached hydrogens (tertiary/aromatic N) is 3. The monoisotopic (exact) mass is 506 g/mol. The first-order valence-corrected chi connectivity index (χ1v) is 13.0. The largest absolute Gasteiger partial charge is 0.458 e. The number of nitrogens with one attached hydrogen (secondary N) is 1. The van der Waals surface area contributed by atoms with E-state index in [-0.39, 0.29) is 23.7 Å². The van der Waals surface area contributed by atoms with Gasteiger partial charge >= 0.3 is 0 Å². The first-order valence-electron chi connectivity index (χ1n) is 12.6. The lowest BCUT2D eigenvalue weighted by Gasteiger charge is -2.39. The zero-order chi connectivity index (χ0) is 25.4. The fourth-order valence-corrected chi connectivity index (χ4v) is 5.21. The fraction of sp³-hybridized carbons (Fsp3) is 0.429. The van der Waals surface area contributed by atoms with Crippen LogP contribution in [0.5, 0.6) is 6.01 Å². The highest BCUT2D eigenvalue weighted by Crippen LogP contribution is 2.34. The molecule has 1 fully saturated rings. The number of hydrogen-bond donors (Lipinski definition) is 1. The number of allylic oxidation sites excluding steroid dienone is 2. The van der Waals surface area contributed by atoms with Crippen molar-refractivity contribution in [1.82, 2.24) is 19.9 Å². The van der Waals surface area contributed by atoms with Gasteiger partial charge < -0.3 is 19.4 Å². The number of aromatic nitrogens is 3. The van der Waals surface area contributed by atoms with Crippen LogP contribution in [0.3, 0.4) is 0 Å². The maximum Gasteiger partial charge on any atom is 0.296 e. The minimum Gasteiger partial charge on any atom is -0.458 e. The maximum atomic E-state index is 12.0. The van der Waals surface area contributed by atoms with Crippen molar-refractivity contribution in [2.24, 2.45) is 11.8 Å². The van der Waals surface area contributed by atoms with Crippen molar-refractivity contribution in [3.05, 3.63) is 47.0 Å². The summed E-state index contributed by atoms with van der Waals surface area (Å²) in [5.74, 6) is 0.862. The van der Waals surface area contributed by atoms with Crippen LogP contribution in [0.15, 0.2) is 36.4 Å². The summed E-state index contributed by atoms with van der Waals surface area (Å²) in [6.45, 7) is 6.60. The topological polar surface area (TPSA) is 88.2 Å². The lowest BCUT2D eigenvalue weighted by Crippen LogP contribution is -2.57. The normalized spacial score (nSPS) is 18.3. The SMILES string of the molecule is CC(=O)CC1CC=C(c2ccc(-c3nc4nc(OC5CN(C(=O)C(C)C)C5)[nH]c4cc3Cl)cc2)CC1. The Balaban J connectivity index is 1.27. The molecular formula is C28H31ClN4O3. The fourth-order valence-electron chi connectivity index (χ4n) is 4.95. The smallest absolute Gasteiger partial charge is 0.296 e. The summed E-state index contributed by atoms with van der Waals surface area (Å²) >= 11 is 6.59. The van der Waals surface area contributed by atoms with Gasteiger partial charge in [0.25, 0.3) is 6.01 Å². The van der Waals surface area contributed by atoms with Crippen molar-refractivity contribution in [2.75, 3.05) is 13.1 Å². The number of aromatic amines is 1. The van der Waals surface area contributed by atoms with Crippen molar-refractivity contribution in [1.29, 1.82) is 0 Å². The third kappa shape index (κ3) is 5.16.